The van der Waals surface area contributed by atoms with Gasteiger partial charge in [0.1, 0.15) is 11.5 Å². The number of carbonyl (C=O) groups is 2. The third-order valence-electron chi connectivity index (χ3n) is 4.30. The Hall–Kier alpha value is -3.34. The van der Waals surface area contributed by atoms with Crippen molar-refractivity contribution in [2.24, 2.45) is 0 Å². The molecule has 0 unspecified atom stereocenters. The molecule has 0 aromatic heterocycles. The minimum atomic E-state index is -0.228. The lowest BCUT2D eigenvalue weighted by molar-refractivity contribution is -0.123. The van der Waals surface area contributed by atoms with Crippen molar-refractivity contribution in [2.75, 3.05) is 20.3 Å². The number of hydrogen-bond donors (Lipinski definition) is 1. The Bertz CT molecular complexity index is 935. The monoisotopic (exact) mass is 363 g/mol. The standard InChI is InChI=1S/C22H21NO4/c1-26-18-9-6-16(7-10-18)12-13-23-22(25)15-27-21-11-8-17-4-2-3-5-19(17)20(21)14-24/h2-11,14H,12-13,15H2,1H3,(H,23,25). The molecule has 0 radical (unpaired) electrons. The summed E-state index contributed by atoms with van der Waals surface area (Å²) in [5.74, 6) is 0.986. The van der Waals surface area contributed by atoms with E-state index in [-0.39, 0.29) is 12.5 Å². The van der Waals surface area contributed by atoms with E-state index in [1.807, 2.05) is 54.6 Å². The van der Waals surface area contributed by atoms with Gasteiger partial charge in [-0.1, -0.05) is 42.5 Å². The molecule has 3 aromatic carbocycles. The molecule has 138 valence electrons. The molecule has 0 spiro atoms. The highest BCUT2D eigenvalue weighted by Crippen LogP contribution is 2.26. The third-order valence-corrected chi connectivity index (χ3v) is 4.30. The van der Waals surface area contributed by atoms with Crippen LogP contribution in [0.15, 0.2) is 60.7 Å². The summed E-state index contributed by atoms with van der Waals surface area (Å²) in [6, 6.07) is 18.9. The number of methoxy groups -OCH3 is 1. The van der Waals surface area contributed by atoms with Crippen LogP contribution in [0.5, 0.6) is 11.5 Å². The molecule has 1 N–H and O–H groups in total. The Balaban J connectivity index is 1.53. The minimum absolute atomic E-state index is 0.137. The fourth-order valence-corrected chi connectivity index (χ4v) is 2.86. The topological polar surface area (TPSA) is 64.6 Å². The lowest BCUT2D eigenvalue weighted by atomic mass is 10.0. The van der Waals surface area contributed by atoms with Crippen LogP contribution in [0.3, 0.4) is 0 Å². The van der Waals surface area contributed by atoms with Gasteiger partial charge in [0, 0.05) is 6.54 Å². The maximum Gasteiger partial charge on any atom is 0.257 e. The van der Waals surface area contributed by atoms with Crippen LogP contribution in [0.25, 0.3) is 10.8 Å². The van der Waals surface area contributed by atoms with E-state index in [0.717, 1.165) is 28.4 Å². The quantitative estimate of drug-likeness (QED) is 0.623. The minimum Gasteiger partial charge on any atom is -0.497 e. The predicted octanol–water partition coefficient (Wildman–Crippen LogP) is 3.40. The number of hydrogen-bond acceptors (Lipinski definition) is 4. The molecule has 5 heteroatoms. The molecule has 3 rings (SSSR count). The Morgan fingerprint density at radius 2 is 1.81 bits per heavy atom. The fourth-order valence-electron chi connectivity index (χ4n) is 2.86. The van der Waals surface area contributed by atoms with Crippen LogP contribution in [0.1, 0.15) is 15.9 Å². The van der Waals surface area contributed by atoms with Gasteiger partial charge in [-0.2, -0.15) is 0 Å². The van der Waals surface area contributed by atoms with E-state index in [9.17, 15) is 9.59 Å². The van der Waals surface area contributed by atoms with E-state index in [1.165, 1.54) is 0 Å². The second-order valence-electron chi connectivity index (χ2n) is 6.05. The summed E-state index contributed by atoms with van der Waals surface area (Å²) in [5.41, 5.74) is 1.56. The number of ether oxygens (including phenoxy) is 2. The van der Waals surface area contributed by atoms with Crippen molar-refractivity contribution in [3.8, 4) is 11.5 Å². The van der Waals surface area contributed by atoms with Gasteiger partial charge < -0.3 is 14.8 Å². The largest absolute Gasteiger partial charge is 0.497 e. The number of amides is 1. The molecule has 0 aliphatic carbocycles. The fraction of sp³-hybridized carbons (Fsp3) is 0.182. The van der Waals surface area contributed by atoms with Crippen LogP contribution in [-0.4, -0.2) is 32.5 Å². The first kappa shape index (κ1) is 18.5. The first-order chi connectivity index (χ1) is 13.2. The number of carbonyl (C=O) groups excluding carboxylic acids is 2. The van der Waals surface area contributed by atoms with Gasteiger partial charge in [-0.15, -0.1) is 0 Å². The second kappa shape index (κ2) is 8.85. The van der Waals surface area contributed by atoms with Crippen molar-refractivity contribution in [3.05, 3.63) is 71.8 Å². The Labute approximate surface area is 157 Å². The molecule has 0 fully saturated rings. The molecule has 0 saturated heterocycles. The maximum atomic E-state index is 12.0. The summed E-state index contributed by atoms with van der Waals surface area (Å²) < 4.78 is 10.7. The van der Waals surface area contributed by atoms with Gasteiger partial charge in [0.2, 0.25) is 0 Å². The van der Waals surface area contributed by atoms with E-state index < -0.39 is 0 Å². The molecule has 0 heterocycles. The first-order valence-corrected chi connectivity index (χ1v) is 8.70. The molecule has 0 saturated carbocycles. The molecule has 0 bridgehead atoms. The van der Waals surface area contributed by atoms with E-state index in [0.29, 0.717) is 24.3 Å². The van der Waals surface area contributed by atoms with E-state index in [1.54, 1.807) is 13.2 Å². The van der Waals surface area contributed by atoms with Gasteiger partial charge in [0.15, 0.2) is 12.9 Å². The smallest absolute Gasteiger partial charge is 0.257 e. The van der Waals surface area contributed by atoms with Gasteiger partial charge >= 0.3 is 0 Å². The van der Waals surface area contributed by atoms with Crippen molar-refractivity contribution in [1.82, 2.24) is 5.32 Å². The lowest BCUT2D eigenvalue weighted by Crippen LogP contribution is -2.30. The summed E-state index contributed by atoms with van der Waals surface area (Å²) in [7, 11) is 1.63. The van der Waals surface area contributed by atoms with E-state index >= 15 is 0 Å². The van der Waals surface area contributed by atoms with Crippen molar-refractivity contribution in [1.29, 1.82) is 0 Å². The Morgan fingerprint density at radius 3 is 2.56 bits per heavy atom. The Morgan fingerprint density at radius 1 is 1.04 bits per heavy atom. The summed E-state index contributed by atoms with van der Waals surface area (Å²) in [6.07, 6.45) is 1.48. The highest BCUT2D eigenvalue weighted by atomic mass is 16.5. The van der Waals surface area contributed by atoms with Crippen LogP contribution >= 0.6 is 0 Å². The van der Waals surface area contributed by atoms with Crippen molar-refractivity contribution in [3.63, 3.8) is 0 Å². The van der Waals surface area contributed by atoms with Crippen LogP contribution in [0, 0.1) is 0 Å². The zero-order chi connectivity index (χ0) is 19.1. The molecule has 0 atom stereocenters. The van der Waals surface area contributed by atoms with Gasteiger partial charge in [0.25, 0.3) is 5.91 Å². The van der Waals surface area contributed by atoms with Crippen LogP contribution < -0.4 is 14.8 Å². The molecular formula is C22H21NO4. The second-order valence-corrected chi connectivity index (χ2v) is 6.05. The normalized spacial score (nSPS) is 10.4. The van der Waals surface area contributed by atoms with Gasteiger partial charge in [0.05, 0.1) is 12.7 Å². The van der Waals surface area contributed by atoms with E-state index in [2.05, 4.69) is 5.32 Å². The molecule has 3 aromatic rings. The molecular weight excluding hydrogens is 342 g/mol. The number of rotatable bonds is 8. The first-order valence-electron chi connectivity index (χ1n) is 8.70. The third kappa shape index (κ3) is 4.64. The molecule has 1 amide bonds. The van der Waals surface area contributed by atoms with Crippen LogP contribution in [0.4, 0.5) is 0 Å². The molecule has 5 nitrogen and oxygen atoms in total. The number of fused-ring (bicyclic) bond motifs is 1. The predicted molar refractivity (Wildman–Crippen MR) is 105 cm³/mol. The van der Waals surface area contributed by atoms with Crippen molar-refractivity contribution < 1.29 is 19.1 Å². The highest BCUT2D eigenvalue weighted by molar-refractivity contribution is 6.00. The molecule has 0 aliphatic rings. The molecule has 0 aliphatic heterocycles. The summed E-state index contributed by atoms with van der Waals surface area (Å²) >= 11 is 0. The zero-order valence-corrected chi connectivity index (χ0v) is 15.1. The number of nitrogens with one attached hydrogen (secondary N) is 1. The zero-order valence-electron chi connectivity index (χ0n) is 15.1. The van der Waals surface area contributed by atoms with Gasteiger partial charge in [-0.05, 0) is 41.0 Å². The lowest BCUT2D eigenvalue weighted by Gasteiger charge is -2.11. The SMILES string of the molecule is COc1ccc(CCNC(=O)COc2ccc3ccccc3c2C=O)cc1. The summed E-state index contributed by atoms with van der Waals surface area (Å²) in [4.78, 5) is 23.5. The average molecular weight is 363 g/mol. The van der Waals surface area contributed by atoms with Crippen molar-refractivity contribution in [2.45, 2.75) is 6.42 Å². The highest BCUT2D eigenvalue weighted by Gasteiger charge is 2.10. The maximum absolute atomic E-state index is 12.0. The van der Waals surface area contributed by atoms with Crippen LogP contribution in [0.2, 0.25) is 0 Å². The number of benzene rings is 3. The average Bonchev–Trinajstić information content (AvgIpc) is 2.72. The van der Waals surface area contributed by atoms with Crippen LogP contribution in [-0.2, 0) is 11.2 Å². The molecule has 27 heavy (non-hydrogen) atoms. The van der Waals surface area contributed by atoms with Crippen molar-refractivity contribution >= 4 is 23.0 Å². The Kier molecular flexibility index (Phi) is 6.05. The van der Waals surface area contributed by atoms with E-state index in [4.69, 9.17) is 9.47 Å². The summed E-state index contributed by atoms with van der Waals surface area (Å²) in [6.45, 7) is 0.370. The summed E-state index contributed by atoms with van der Waals surface area (Å²) in [5, 5.41) is 4.59. The van der Waals surface area contributed by atoms with Gasteiger partial charge in [-0.25, -0.2) is 0 Å². The van der Waals surface area contributed by atoms with Gasteiger partial charge in [-0.3, -0.25) is 9.59 Å². The number of aldehydes is 1.